The van der Waals surface area contributed by atoms with Crippen molar-refractivity contribution in [3.8, 4) is 0 Å². The zero-order valence-electron chi connectivity index (χ0n) is 18.2. The normalized spacial score (nSPS) is 13.7. The fraction of sp³-hybridized carbons (Fsp3) is 0.269. The number of carbonyl (C=O) groups is 1. The van der Waals surface area contributed by atoms with Gasteiger partial charge in [0.15, 0.2) is 0 Å². The van der Waals surface area contributed by atoms with E-state index in [0.717, 1.165) is 41.5 Å². The van der Waals surface area contributed by atoms with Gasteiger partial charge in [-0.2, -0.15) is 0 Å². The highest BCUT2D eigenvalue weighted by molar-refractivity contribution is 7.99. The maximum absolute atomic E-state index is 12.8. The Hall–Kier alpha value is -2.90. The first-order valence-corrected chi connectivity index (χ1v) is 13.1. The van der Waals surface area contributed by atoms with Crippen LogP contribution >= 0.6 is 23.1 Å². The largest absolute Gasteiger partial charge is 0.348 e. The van der Waals surface area contributed by atoms with E-state index in [1.807, 2.05) is 48.5 Å². The van der Waals surface area contributed by atoms with Crippen molar-refractivity contribution in [2.75, 3.05) is 5.75 Å². The molecular formula is C26H25N3O2S2. The second-order valence-corrected chi connectivity index (χ2v) is 10.3. The number of nitrogens with one attached hydrogen (secondary N) is 2. The van der Waals surface area contributed by atoms with Crippen molar-refractivity contribution < 1.29 is 4.79 Å². The number of benzene rings is 2. The van der Waals surface area contributed by atoms with Gasteiger partial charge >= 0.3 is 0 Å². The first-order valence-electron chi connectivity index (χ1n) is 11.2. The molecule has 168 valence electrons. The number of hydrogen-bond acceptors (Lipinski definition) is 5. The summed E-state index contributed by atoms with van der Waals surface area (Å²) in [5.74, 6) is 1.41. The molecule has 2 aromatic heterocycles. The topological polar surface area (TPSA) is 74.8 Å². The molecule has 0 saturated heterocycles. The number of H-pyrrole nitrogens is 1. The van der Waals surface area contributed by atoms with E-state index in [0.29, 0.717) is 17.3 Å². The average molecular weight is 476 g/mol. The maximum atomic E-state index is 12.8. The number of thioether (sulfide) groups is 1. The molecule has 2 N–H and O–H groups in total. The number of nitrogens with zero attached hydrogens (tertiary/aromatic N) is 1. The molecule has 0 spiro atoms. The first-order chi connectivity index (χ1) is 16.2. The molecule has 0 radical (unpaired) electrons. The Bertz CT molecular complexity index is 1320. The van der Waals surface area contributed by atoms with Crippen LogP contribution in [-0.4, -0.2) is 21.6 Å². The molecule has 1 amide bonds. The molecule has 33 heavy (non-hydrogen) atoms. The van der Waals surface area contributed by atoms with Crippen LogP contribution in [0.3, 0.4) is 0 Å². The first kappa shape index (κ1) is 21.9. The molecule has 1 aliphatic carbocycles. The Morgan fingerprint density at radius 3 is 2.64 bits per heavy atom. The van der Waals surface area contributed by atoms with Crippen molar-refractivity contribution in [3.05, 3.63) is 98.4 Å². The average Bonchev–Trinajstić information content (AvgIpc) is 3.41. The van der Waals surface area contributed by atoms with Gasteiger partial charge in [-0.3, -0.25) is 9.59 Å². The zero-order valence-corrected chi connectivity index (χ0v) is 19.8. The molecular weight excluding hydrogens is 450 g/mol. The molecule has 2 heterocycles. The molecule has 5 nitrogen and oxygen atoms in total. The van der Waals surface area contributed by atoms with E-state index in [1.54, 1.807) is 11.3 Å². The van der Waals surface area contributed by atoms with E-state index in [-0.39, 0.29) is 17.5 Å². The lowest BCUT2D eigenvalue weighted by molar-refractivity contribution is -0.119. The van der Waals surface area contributed by atoms with Gasteiger partial charge < -0.3 is 10.3 Å². The van der Waals surface area contributed by atoms with Crippen LogP contribution in [-0.2, 0) is 29.8 Å². The summed E-state index contributed by atoms with van der Waals surface area (Å²) in [6.07, 6.45) is 3.87. The Balaban J connectivity index is 1.22. The molecule has 4 aromatic rings. The SMILES string of the molecule is O=C(CSCc1nc2sc3c(c2c(=O)[nH]1)CCC3)NC(Cc1ccccc1)c1ccccc1. The van der Waals surface area contributed by atoms with E-state index in [2.05, 4.69) is 27.4 Å². The Kier molecular flexibility index (Phi) is 6.60. The summed E-state index contributed by atoms with van der Waals surface area (Å²) < 4.78 is 0. The van der Waals surface area contributed by atoms with Crippen LogP contribution in [0.25, 0.3) is 10.2 Å². The van der Waals surface area contributed by atoms with Crippen LogP contribution in [0.4, 0.5) is 0 Å². The molecule has 2 aromatic carbocycles. The van der Waals surface area contributed by atoms with Gasteiger partial charge in [-0.25, -0.2) is 4.98 Å². The van der Waals surface area contributed by atoms with Crippen molar-refractivity contribution in [3.63, 3.8) is 0 Å². The number of aromatic nitrogens is 2. The van der Waals surface area contributed by atoms with Gasteiger partial charge in [-0.05, 0) is 42.4 Å². The Labute approximate surface area is 200 Å². The summed E-state index contributed by atoms with van der Waals surface area (Å²) >= 11 is 3.11. The highest BCUT2D eigenvalue weighted by Crippen LogP contribution is 2.34. The predicted molar refractivity (Wildman–Crippen MR) is 136 cm³/mol. The van der Waals surface area contributed by atoms with E-state index in [4.69, 9.17) is 0 Å². The summed E-state index contributed by atoms with van der Waals surface area (Å²) in [6.45, 7) is 0. The minimum absolute atomic E-state index is 0.0247. The number of rotatable bonds is 8. The number of aryl methyl sites for hydroxylation is 2. The fourth-order valence-corrected chi connectivity index (χ4v) is 6.36. The van der Waals surface area contributed by atoms with Gasteiger partial charge in [-0.15, -0.1) is 23.1 Å². The predicted octanol–water partition coefficient (Wildman–Crippen LogP) is 4.81. The number of hydrogen-bond donors (Lipinski definition) is 2. The second kappa shape index (κ2) is 9.93. The van der Waals surface area contributed by atoms with Gasteiger partial charge in [-0.1, -0.05) is 60.7 Å². The third kappa shape index (κ3) is 5.04. The number of carbonyl (C=O) groups excluding carboxylic acids is 1. The smallest absolute Gasteiger partial charge is 0.259 e. The van der Waals surface area contributed by atoms with Crippen molar-refractivity contribution >= 4 is 39.2 Å². The molecule has 0 aliphatic heterocycles. The molecule has 0 fully saturated rings. The lowest BCUT2D eigenvalue weighted by Gasteiger charge is -2.19. The minimum atomic E-state index is -0.0931. The number of amides is 1. The lowest BCUT2D eigenvalue weighted by Crippen LogP contribution is -2.31. The number of aromatic amines is 1. The Morgan fingerprint density at radius 1 is 1.09 bits per heavy atom. The summed E-state index contributed by atoms with van der Waals surface area (Å²) in [5.41, 5.74) is 3.40. The molecule has 0 saturated carbocycles. The zero-order chi connectivity index (χ0) is 22.6. The van der Waals surface area contributed by atoms with E-state index in [1.165, 1.54) is 27.8 Å². The van der Waals surface area contributed by atoms with E-state index >= 15 is 0 Å². The van der Waals surface area contributed by atoms with Gasteiger partial charge in [0.25, 0.3) is 5.56 Å². The third-order valence-electron chi connectivity index (χ3n) is 5.92. The Morgan fingerprint density at radius 2 is 1.85 bits per heavy atom. The molecule has 1 aliphatic rings. The van der Waals surface area contributed by atoms with Crippen LogP contribution in [0, 0.1) is 0 Å². The van der Waals surface area contributed by atoms with E-state index < -0.39 is 0 Å². The second-order valence-electron chi connectivity index (χ2n) is 8.26. The monoisotopic (exact) mass is 475 g/mol. The van der Waals surface area contributed by atoms with Gasteiger partial charge in [0.2, 0.25) is 5.91 Å². The minimum Gasteiger partial charge on any atom is -0.348 e. The lowest BCUT2D eigenvalue weighted by atomic mass is 9.99. The van der Waals surface area contributed by atoms with E-state index in [9.17, 15) is 9.59 Å². The summed E-state index contributed by atoms with van der Waals surface area (Å²) in [7, 11) is 0. The molecule has 7 heteroatoms. The summed E-state index contributed by atoms with van der Waals surface area (Å²) in [6, 6.07) is 20.1. The third-order valence-corrected chi connectivity index (χ3v) is 8.05. The van der Waals surface area contributed by atoms with Crippen molar-refractivity contribution in [2.45, 2.75) is 37.5 Å². The highest BCUT2D eigenvalue weighted by atomic mass is 32.2. The van der Waals surface area contributed by atoms with Gasteiger partial charge in [0, 0.05) is 4.88 Å². The summed E-state index contributed by atoms with van der Waals surface area (Å²) in [5, 5.41) is 3.95. The van der Waals surface area contributed by atoms with Crippen LogP contribution in [0.1, 0.15) is 39.9 Å². The maximum Gasteiger partial charge on any atom is 0.259 e. The quantitative estimate of drug-likeness (QED) is 0.384. The van der Waals surface area contributed by atoms with Crippen molar-refractivity contribution in [1.29, 1.82) is 0 Å². The van der Waals surface area contributed by atoms with Crippen molar-refractivity contribution in [1.82, 2.24) is 15.3 Å². The number of thiophene rings is 1. The molecule has 1 atom stereocenters. The highest BCUT2D eigenvalue weighted by Gasteiger charge is 2.21. The van der Waals surface area contributed by atoms with Crippen LogP contribution in [0.5, 0.6) is 0 Å². The van der Waals surface area contributed by atoms with Gasteiger partial charge in [0.1, 0.15) is 10.7 Å². The molecule has 5 rings (SSSR count). The van der Waals surface area contributed by atoms with Crippen LogP contribution < -0.4 is 10.9 Å². The van der Waals surface area contributed by atoms with Crippen LogP contribution in [0.15, 0.2) is 65.5 Å². The standard InChI is InChI=1S/C26H25N3O2S2/c30-23(27-20(18-10-5-2-6-11-18)14-17-8-3-1-4-9-17)16-32-15-22-28-25(31)24-19-12-7-13-21(19)33-26(24)29-22/h1-6,8-11,20H,7,12-16H2,(H,27,30)(H,28,29,31). The van der Waals surface area contributed by atoms with Gasteiger partial charge in [0.05, 0.1) is 22.9 Å². The summed E-state index contributed by atoms with van der Waals surface area (Å²) in [4.78, 5) is 35.1. The van der Waals surface area contributed by atoms with Crippen LogP contribution in [0.2, 0.25) is 0 Å². The molecule has 0 bridgehead atoms. The molecule has 1 unspecified atom stereocenters. The van der Waals surface area contributed by atoms with Crippen molar-refractivity contribution in [2.24, 2.45) is 0 Å². The number of fused-ring (bicyclic) bond motifs is 3. The fourth-order valence-electron chi connectivity index (χ4n) is 4.38.